The van der Waals surface area contributed by atoms with Gasteiger partial charge in [0.2, 0.25) is 0 Å². The van der Waals surface area contributed by atoms with E-state index in [0.29, 0.717) is 6.04 Å². The van der Waals surface area contributed by atoms with Gasteiger partial charge in [-0.3, -0.25) is 0 Å². The minimum atomic E-state index is 0.393. The average molecular weight is 283 g/mol. The first-order valence-electron chi connectivity index (χ1n) is 6.85. The van der Waals surface area contributed by atoms with Gasteiger partial charge in [-0.2, -0.15) is 0 Å². The summed E-state index contributed by atoms with van der Waals surface area (Å²) >= 11 is 1.67. The molecule has 0 fully saturated rings. The molecule has 1 N–H and O–H groups in total. The van der Waals surface area contributed by atoms with Crippen LogP contribution in [0.15, 0.2) is 41.8 Å². The number of anilines is 1. The molecule has 0 aliphatic rings. The van der Waals surface area contributed by atoms with Crippen molar-refractivity contribution >= 4 is 28.1 Å². The molecule has 20 heavy (non-hydrogen) atoms. The number of para-hydroxylation sites is 1. The van der Waals surface area contributed by atoms with Crippen molar-refractivity contribution in [3.63, 3.8) is 0 Å². The molecule has 0 saturated carbocycles. The summed E-state index contributed by atoms with van der Waals surface area (Å²) in [5, 5.41) is 6.62. The fourth-order valence-corrected chi connectivity index (χ4v) is 2.70. The molecule has 0 spiro atoms. The molecule has 1 unspecified atom stereocenters. The highest BCUT2D eigenvalue weighted by atomic mass is 32.1. The molecule has 0 bridgehead atoms. The number of fused-ring (bicyclic) bond motifs is 1. The van der Waals surface area contributed by atoms with Crippen molar-refractivity contribution in [2.75, 3.05) is 5.32 Å². The maximum Gasteiger partial charge on any atom is 0.172 e. The van der Waals surface area contributed by atoms with Crippen molar-refractivity contribution in [2.24, 2.45) is 0 Å². The predicted molar refractivity (Wildman–Crippen MR) is 86.2 cm³/mol. The standard InChI is InChI=1S/C16H17N3S/c1-3-11(2)17-15-12-7-4-5-8-13(12)18-16(19-15)14-9-6-10-20-14/h4-11H,3H2,1-2H3,(H,17,18,19). The summed E-state index contributed by atoms with van der Waals surface area (Å²) in [6, 6.07) is 12.6. The van der Waals surface area contributed by atoms with Gasteiger partial charge in [0.1, 0.15) is 5.82 Å². The van der Waals surface area contributed by atoms with Crippen LogP contribution in [0.25, 0.3) is 21.6 Å². The first kappa shape index (κ1) is 13.1. The summed E-state index contributed by atoms with van der Waals surface area (Å²) < 4.78 is 0. The number of aromatic nitrogens is 2. The molecule has 2 aromatic heterocycles. The summed E-state index contributed by atoms with van der Waals surface area (Å²) in [5.74, 6) is 1.72. The minimum Gasteiger partial charge on any atom is -0.367 e. The largest absolute Gasteiger partial charge is 0.367 e. The second kappa shape index (κ2) is 5.59. The Hall–Kier alpha value is -1.94. The third-order valence-electron chi connectivity index (χ3n) is 3.34. The molecule has 0 aliphatic heterocycles. The monoisotopic (exact) mass is 283 g/mol. The van der Waals surface area contributed by atoms with Crippen LogP contribution in [0.2, 0.25) is 0 Å². The van der Waals surface area contributed by atoms with Gasteiger partial charge in [0.15, 0.2) is 5.82 Å². The molecule has 3 nitrogen and oxygen atoms in total. The van der Waals surface area contributed by atoms with Crippen LogP contribution in [0.4, 0.5) is 5.82 Å². The van der Waals surface area contributed by atoms with Gasteiger partial charge in [0.25, 0.3) is 0 Å². The smallest absolute Gasteiger partial charge is 0.172 e. The maximum atomic E-state index is 4.72. The highest BCUT2D eigenvalue weighted by molar-refractivity contribution is 7.13. The number of hydrogen-bond acceptors (Lipinski definition) is 4. The van der Waals surface area contributed by atoms with Crippen molar-refractivity contribution in [3.8, 4) is 10.7 Å². The van der Waals surface area contributed by atoms with E-state index in [9.17, 15) is 0 Å². The quantitative estimate of drug-likeness (QED) is 0.762. The van der Waals surface area contributed by atoms with E-state index in [1.807, 2.05) is 24.3 Å². The van der Waals surface area contributed by atoms with Crippen LogP contribution in [0.3, 0.4) is 0 Å². The molecular formula is C16H17N3S. The van der Waals surface area contributed by atoms with Gasteiger partial charge in [0, 0.05) is 11.4 Å². The molecule has 1 atom stereocenters. The second-order valence-corrected chi connectivity index (χ2v) is 5.79. The van der Waals surface area contributed by atoms with E-state index >= 15 is 0 Å². The Kier molecular flexibility index (Phi) is 3.65. The first-order valence-corrected chi connectivity index (χ1v) is 7.73. The third-order valence-corrected chi connectivity index (χ3v) is 4.21. The molecule has 0 saturated heterocycles. The summed E-state index contributed by atoms with van der Waals surface area (Å²) in [7, 11) is 0. The molecule has 1 aromatic carbocycles. The number of hydrogen-bond donors (Lipinski definition) is 1. The van der Waals surface area contributed by atoms with Gasteiger partial charge in [-0.15, -0.1) is 11.3 Å². The Morgan fingerprint density at radius 1 is 1.15 bits per heavy atom. The van der Waals surface area contributed by atoms with Gasteiger partial charge in [-0.1, -0.05) is 25.1 Å². The lowest BCUT2D eigenvalue weighted by atomic mass is 10.2. The van der Waals surface area contributed by atoms with Gasteiger partial charge >= 0.3 is 0 Å². The number of nitrogens with one attached hydrogen (secondary N) is 1. The van der Waals surface area contributed by atoms with E-state index in [1.54, 1.807) is 11.3 Å². The van der Waals surface area contributed by atoms with Crippen molar-refractivity contribution in [2.45, 2.75) is 26.3 Å². The van der Waals surface area contributed by atoms with E-state index in [0.717, 1.165) is 33.8 Å². The number of rotatable bonds is 4. The average Bonchev–Trinajstić information content (AvgIpc) is 3.01. The van der Waals surface area contributed by atoms with Gasteiger partial charge in [-0.05, 0) is 36.9 Å². The minimum absolute atomic E-state index is 0.393. The Balaban J connectivity index is 2.15. The lowest BCUT2D eigenvalue weighted by Crippen LogP contribution is -2.15. The predicted octanol–water partition coefficient (Wildman–Crippen LogP) is 4.57. The van der Waals surface area contributed by atoms with Crippen LogP contribution in [-0.2, 0) is 0 Å². The summed E-state index contributed by atoms with van der Waals surface area (Å²) in [6.07, 6.45) is 1.06. The van der Waals surface area contributed by atoms with Gasteiger partial charge in [-0.25, -0.2) is 9.97 Å². The van der Waals surface area contributed by atoms with Crippen LogP contribution in [0.1, 0.15) is 20.3 Å². The Morgan fingerprint density at radius 3 is 2.75 bits per heavy atom. The highest BCUT2D eigenvalue weighted by Gasteiger charge is 2.11. The molecule has 4 heteroatoms. The SMILES string of the molecule is CCC(C)Nc1nc(-c2cccs2)nc2ccccc12. The maximum absolute atomic E-state index is 4.72. The van der Waals surface area contributed by atoms with Crippen molar-refractivity contribution in [3.05, 3.63) is 41.8 Å². The van der Waals surface area contributed by atoms with Crippen LogP contribution in [0.5, 0.6) is 0 Å². The van der Waals surface area contributed by atoms with Crippen molar-refractivity contribution in [1.82, 2.24) is 9.97 Å². The zero-order chi connectivity index (χ0) is 13.9. The molecule has 0 radical (unpaired) electrons. The van der Waals surface area contributed by atoms with E-state index in [1.165, 1.54) is 0 Å². The molecule has 0 amide bonds. The van der Waals surface area contributed by atoms with E-state index in [2.05, 4.69) is 41.7 Å². The number of thiophene rings is 1. The number of nitrogens with zero attached hydrogens (tertiary/aromatic N) is 2. The molecule has 102 valence electrons. The summed E-state index contributed by atoms with van der Waals surface area (Å²) in [4.78, 5) is 10.5. The second-order valence-electron chi connectivity index (χ2n) is 4.84. The third kappa shape index (κ3) is 2.51. The number of benzene rings is 1. The molecule has 3 aromatic rings. The Labute approximate surface area is 122 Å². The first-order chi connectivity index (χ1) is 9.78. The molecule has 0 aliphatic carbocycles. The molecular weight excluding hydrogens is 266 g/mol. The van der Waals surface area contributed by atoms with Crippen LogP contribution in [-0.4, -0.2) is 16.0 Å². The molecule has 2 heterocycles. The highest BCUT2D eigenvalue weighted by Crippen LogP contribution is 2.27. The lowest BCUT2D eigenvalue weighted by molar-refractivity contribution is 0.760. The lowest BCUT2D eigenvalue weighted by Gasteiger charge is -2.14. The zero-order valence-electron chi connectivity index (χ0n) is 11.6. The van der Waals surface area contributed by atoms with Crippen LogP contribution < -0.4 is 5.32 Å². The Bertz CT molecular complexity index is 707. The van der Waals surface area contributed by atoms with Crippen molar-refractivity contribution < 1.29 is 0 Å². The normalized spacial score (nSPS) is 12.5. The van der Waals surface area contributed by atoms with E-state index in [4.69, 9.17) is 4.98 Å². The van der Waals surface area contributed by atoms with Crippen molar-refractivity contribution in [1.29, 1.82) is 0 Å². The fourth-order valence-electron chi connectivity index (χ4n) is 2.04. The van der Waals surface area contributed by atoms with Gasteiger partial charge in [0.05, 0.1) is 10.4 Å². The van der Waals surface area contributed by atoms with E-state index < -0.39 is 0 Å². The van der Waals surface area contributed by atoms with Gasteiger partial charge < -0.3 is 5.32 Å². The summed E-state index contributed by atoms with van der Waals surface area (Å²) in [6.45, 7) is 4.34. The fraction of sp³-hybridized carbons (Fsp3) is 0.250. The van der Waals surface area contributed by atoms with Crippen LogP contribution in [0, 0.1) is 0 Å². The van der Waals surface area contributed by atoms with Crippen LogP contribution >= 0.6 is 11.3 Å². The molecule has 3 rings (SSSR count). The Morgan fingerprint density at radius 2 is 2.00 bits per heavy atom. The van der Waals surface area contributed by atoms with E-state index in [-0.39, 0.29) is 0 Å². The topological polar surface area (TPSA) is 37.8 Å². The zero-order valence-corrected chi connectivity index (χ0v) is 12.4. The summed E-state index contributed by atoms with van der Waals surface area (Å²) in [5.41, 5.74) is 0.983.